The van der Waals surface area contributed by atoms with Crippen LogP contribution in [0.4, 0.5) is 0 Å². The number of thiazole rings is 1. The number of fused-ring (bicyclic) bond motifs is 1. The second-order valence-electron chi connectivity index (χ2n) is 7.70. The van der Waals surface area contributed by atoms with Gasteiger partial charge in [0.05, 0.1) is 27.0 Å². The molecule has 0 saturated heterocycles. The molecular weight excluding hydrogens is 432 g/mol. The van der Waals surface area contributed by atoms with Gasteiger partial charge in [-0.15, -0.1) is 0 Å². The molecule has 0 unspecified atom stereocenters. The lowest BCUT2D eigenvalue weighted by molar-refractivity contribution is 0.0996. The van der Waals surface area contributed by atoms with Gasteiger partial charge in [-0.25, -0.2) is 8.42 Å². The highest BCUT2D eigenvalue weighted by molar-refractivity contribution is 7.92. The number of ether oxygens (including phenoxy) is 1. The van der Waals surface area contributed by atoms with Crippen molar-refractivity contribution in [3.05, 3.63) is 57.9 Å². The van der Waals surface area contributed by atoms with Gasteiger partial charge >= 0.3 is 0 Å². The summed E-state index contributed by atoms with van der Waals surface area (Å²) in [6.45, 7) is 11.0. The van der Waals surface area contributed by atoms with E-state index in [0.29, 0.717) is 24.6 Å². The van der Waals surface area contributed by atoms with E-state index in [1.807, 2.05) is 25.3 Å². The number of carbonyl (C=O) groups excluding carboxylic acids is 1. The van der Waals surface area contributed by atoms with Crippen molar-refractivity contribution in [2.75, 3.05) is 13.2 Å². The molecular formula is C23H28N2O4S2. The maximum absolute atomic E-state index is 13.0. The summed E-state index contributed by atoms with van der Waals surface area (Å²) in [5.41, 5.74) is 3.54. The van der Waals surface area contributed by atoms with Gasteiger partial charge in [0.25, 0.3) is 5.91 Å². The topological polar surface area (TPSA) is 77.7 Å². The summed E-state index contributed by atoms with van der Waals surface area (Å²) < 4.78 is 33.6. The van der Waals surface area contributed by atoms with E-state index in [-0.39, 0.29) is 10.5 Å². The van der Waals surface area contributed by atoms with Crippen molar-refractivity contribution in [1.29, 1.82) is 0 Å². The molecule has 166 valence electrons. The van der Waals surface area contributed by atoms with E-state index in [1.54, 1.807) is 26.0 Å². The van der Waals surface area contributed by atoms with E-state index in [1.165, 1.54) is 23.5 Å². The van der Waals surface area contributed by atoms with Crippen LogP contribution in [-0.2, 0) is 21.1 Å². The predicted molar refractivity (Wildman–Crippen MR) is 124 cm³/mol. The highest BCUT2D eigenvalue weighted by Gasteiger charge is 2.20. The summed E-state index contributed by atoms with van der Waals surface area (Å²) in [5.74, 6) is -0.466. The van der Waals surface area contributed by atoms with Crippen LogP contribution in [-0.4, -0.2) is 37.4 Å². The lowest BCUT2D eigenvalue weighted by Gasteiger charge is -2.08. The van der Waals surface area contributed by atoms with E-state index in [4.69, 9.17) is 4.74 Å². The maximum Gasteiger partial charge on any atom is 0.279 e. The Kier molecular flexibility index (Phi) is 7.13. The second-order valence-corrected chi connectivity index (χ2v) is 11.2. The van der Waals surface area contributed by atoms with Crippen LogP contribution < -0.4 is 4.80 Å². The van der Waals surface area contributed by atoms with E-state index in [0.717, 1.165) is 21.3 Å². The molecule has 2 aromatic carbocycles. The van der Waals surface area contributed by atoms with Gasteiger partial charge in [0.2, 0.25) is 0 Å². The summed E-state index contributed by atoms with van der Waals surface area (Å²) in [6.07, 6.45) is 0. The van der Waals surface area contributed by atoms with Crippen LogP contribution in [0.15, 0.2) is 46.3 Å². The van der Waals surface area contributed by atoms with Crippen molar-refractivity contribution >= 4 is 37.3 Å². The summed E-state index contributed by atoms with van der Waals surface area (Å²) >= 11 is 1.46. The van der Waals surface area contributed by atoms with Gasteiger partial charge < -0.3 is 9.30 Å². The third kappa shape index (κ3) is 4.97. The van der Waals surface area contributed by atoms with Gasteiger partial charge in [0.1, 0.15) is 0 Å². The molecule has 31 heavy (non-hydrogen) atoms. The zero-order valence-corrected chi connectivity index (χ0v) is 20.1. The minimum absolute atomic E-state index is 0.135. The number of rotatable bonds is 7. The minimum Gasteiger partial charge on any atom is -0.380 e. The number of aryl methyl sites for hydroxylation is 2. The summed E-state index contributed by atoms with van der Waals surface area (Å²) in [6, 6.07) is 10.3. The number of benzene rings is 2. The molecule has 8 heteroatoms. The first-order valence-electron chi connectivity index (χ1n) is 10.3. The Labute approximate surface area is 187 Å². The second kappa shape index (κ2) is 9.46. The average Bonchev–Trinajstić information content (AvgIpc) is 3.05. The number of nitrogens with zero attached hydrogens (tertiary/aromatic N) is 2. The van der Waals surface area contributed by atoms with E-state index >= 15 is 0 Å². The van der Waals surface area contributed by atoms with Gasteiger partial charge in [-0.05, 0) is 70.0 Å². The van der Waals surface area contributed by atoms with Crippen LogP contribution in [0.2, 0.25) is 0 Å². The molecule has 0 aliphatic carbocycles. The first-order chi connectivity index (χ1) is 14.6. The molecule has 0 fully saturated rings. The molecule has 1 amide bonds. The number of amides is 1. The lowest BCUT2D eigenvalue weighted by atomic mass is 10.1. The van der Waals surface area contributed by atoms with Crippen LogP contribution in [0.1, 0.15) is 42.3 Å². The maximum atomic E-state index is 13.0. The third-order valence-corrected chi connectivity index (χ3v) is 8.39. The highest BCUT2D eigenvalue weighted by Crippen LogP contribution is 2.24. The monoisotopic (exact) mass is 460 g/mol. The molecule has 3 aromatic rings. The Morgan fingerprint density at radius 3 is 2.61 bits per heavy atom. The van der Waals surface area contributed by atoms with Crippen LogP contribution >= 0.6 is 11.3 Å². The molecule has 6 nitrogen and oxygen atoms in total. The van der Waals surface area contributed by atoms with Crippen molar-refractivity contribution < 1.29 is 17.9 Å². The van der Waals surface area contributed by atoms with Crippen molar-refractivity contribution in [3.63, 3.8) is 0 Å². The highest BCUT2D eigenvalue weighted by atomic mass is 32.2. The molecule has 3 rings (SSSR count). The zero-order valence-electron chi connectivity index (χ0n) is 18.5. The number of aromatic nitrogens is 1. The Morgan fingerprint density at radius 2 is 1.94 bits per heavy atom. The van der Waals surface area contributed by atoms with Gasteiger partial charge in [-0.2, -0.15) is 4.99 Å². The molecule has 0 saturated carbocycles. The Balaban J connectivity index is 2.11. The predicted octanol–water partition coefficient (Wildman–Crippen LogP) is 4.28. The number of sulfone groups is 1. The summed E-state index contributed by atoms with van der Waals surface area (Å²) in [5, 5.41) is -0.565. The van der Waals surface area contributed by atoms with Crippen LogP contribution in [0.5, 0.6) is 0 Å². The smallest absolute Gasteiger partial charge is 0.279 e. The fourth-order valence-electron chi connectivity index (χ4n) is 3.34. The molecule has 0 bridgehead atoms. The minimum atomic E-state index is -3.47. The first kappa shape index (κ1) is 23.4. The fraction of sp³-hybridized carbons (Fsp3) is 0.391. The molecule has 0 N–H and O–H groups in total. The Morgan fingerprint density at radius 1 is 1.19 bits per heavy atom. The number of hydrogen-bond donors (Lipinski definition) is 0. The zero-order chi connectivity index (χ0) is 22.8. The molecule has 1 heterocycles. The average molecular weight is 461 g/mol. The number of carbonyl (C=O) groups is 1. The van der Waals surface area contributed by atoms with Crippen molar-refractivity contribution in [3.8, 4) is 0 Å². The van der Waals surface area contributed by atoms with Crippen molar-refractivity contribution in [2.45, 2.75) is 51.3 Å². The fourth-order valence-corrected chi connectivity index (χ4v) is 5.55. The number of hydrogen-bond acceptors (Lipinski definition) is 5. The Bertz CT molecular complexity index is 1280. The third-order valence-electron chi connectivity index (χ3n) is 5.01. The molecule has 0 aliphatic heterocycles. The standard InChI is InChI=1S/C23H28N2O4S2/c1-6-29-11-10-25-20-13-16(4)12-17(5)21(20)30-23(25)24-22(26)18-8-7-9-19(14-18)31(27,28)15(2)3/h7-9,12-15H,6,10-11H2,1-5H3. The van der Waals surface area contributed by atoms with E-state index in [9.17, 15) is 13.2 Å². The summed E-state index contributed by atoms with van der Waals surface area (Å²) in [4.78, 5) is 18.1. The summed E-state index contributed by atoms with van der Waals surface area (Å²) in [7, 11) is -3.47. The van der Waals surface area contributed by atoms with E-state index < -0.39 is 21.0 Å². The van der Waals surface area contributed by atoms with Crippen molar-refractivity contribution in [2.24, 2.45) is 4.99 Å². The van der Waals surface area contributed by atoms with Crippen LogP contribution in [0, 0.1) is 13.8 Å². The molecule has 0 aliphatic rings. The molecule has 0 spiro atoms. The van der Waals surface area contributed by atoms with Gasteiger partial charge in [-0.1, -0.05) is 23.5 Å². The van der Waals surface area contributed by atoms with Crippen molar-refractivity contribution in [1.82, 2.24) is 4.57 Å². The SMILES string of the molecule is CCOCCn1c(=NC(=O)c2cccc(S(=O)(=O)C(C)C)c2)sc2c(C)cc(C)cc21. The van der Waals surface area contributed by atoms with E-state index in [2.05, 4.69) is 17.1 Å². The van der Waals surface area contributed by atoms with Gasteiger partial charge in [-0.3, -0.25) is 4.79 Å². The van der Waals surface area contributed by atoms with Crippen LogP contribution in [0.25, 0.3) is 10.2 Å². The Hall–Kier alpha value is -2.29. The lowest BCUT2D eigenvalue weighted by Crippen LogP contribution is -2.20. The molecule has 1 aromatic heterocycles. The molecule has 0 atom stereocenters. The normalized spacial score (nSPS) is 12.8. The van der Waals surface area contributed by atoms with Gasteiger partial charge in [0, 0.05) is 18.7 Å². The quantitative estimate of drug-likeness (QED) is 0.493. The van der Waals surface area contributed by atoms with Crippen LogP contribution in [0.3, 0.4) is 0 Å². The van der Waals surface area contributed by atoms with Gasteiger partial charge in [0.15, 0.2) is 14.6 Å². The molecule has 0 radical (unpaired) electrons. The first-order valence-corrected chi connectivity index (χ1v) is 12.6. The largest absolute Gasteiger partial charge is 0.380 e.